The molecule has 176 valence electrons. The summed E-state index contributed by atoms with van der Waals surface area (Å²) < 4.78 is 14.7. The van der Waals surface area contributed by atoms with Crippen molar-refractivity contribution in [1.29, 1.82) is 0 Å². The highest BCUT2D eigenvalue weighted by atomic mass is 19.1. The summed E-state index contributed by atoms with van der Waals surface area (Å²) in [7, 11) is 0. The maximum absolute atomic E-state index is 14.7. The van der Waals surface area contributed by atoms with Crippen molar-refractivity contribution in [2.45, 2.75) is 57.2 Å². The summed E-state index contributed by atoms with van der Waals surface area (Å²) in [6.45, 7) is 11.6. The normalized spacial score (nSPS) is 22.4. The van der Waals surface area contributed by atoms with Crippen molar-refractivity contribution in [2.75, 3.05) is 5.32 Å². The van der Waals surface area contributed by atoms with E-state index < -0.39 is 5.67 Å². The number of alkyl halides is 1. The molecule has 0 saturated heterocycles. The lowest BCUT2D eigenvalue weighted by atomic mass is 9.68. The molecule has 1 unspecified atom stereocenters. The maximum atomic E-state index is 14.7. The van der Waals surface area contributed by atoms with Gasteiger partial charge in [-0.25, -0.2) is 24.2 Å². The van der Waals surface area contributed by atoms with Crippen LogP contribution in [0, 0.1) is 19.4 Å². The van der Waals surface area contributed by atoms with Crippen LogP contribution in [0.3, 0.4) is 0 Å². The van der Waals surface area contributed by atoms with E-state index in [1.165, 1.54) is 0 Å². The molecule has 2 saturated carbocycles. The van der Waals surface area contributed by atoms with Crippen LogP contribution in [0.1, 0.15) is 61.4 Å². The average Bonchev–Trinajstić information content (AvgIpc) is 3.62. The monoisotopic (exact) mass is 467 g/mol. The summed E-state index contributed by atoms with van der Waals surface area (Å²) in [6.07, 6.45) is 10.3. The summed E-state index contributed by atoms with van der Waals surface area (Å²) >= 11 is 0. The largest absolute Gasteiger partial charge is 0.348 e. The molecule has 0 aromatic carbocycles. The Hall–Kier alpha value is -3.86. The molecule has 0 spiro atoms. The number of aromatic nitrogens is 5. The maximum Gasteiger partial charge on any atom is 0.231 e. The number of aryl methyl sites for hydroxylation is 1. The molecule has 4 aromatic heterocycles. The molecule has 2 N–H and O–H groups in total. The number of hydrogen-bond donors (Lipinski definition) is 2. The summed E-state index contributed by atoms with van der Waals surface area (Å²) in [5.41, 5.74) is 4.56. The van der Waals surface area contributed by atoms with Crippen LogP contribution in [0.25, 0.3) is 27.1 Å². The third kappa shape index (κ3) is 3.91. The number of pyridine rings is 2. The zero-order chi connectivity index (χ0) is 24.2. The van der Waals surface area contributed by atoms with Crippen LogP contribution in [-0.2, 0) is 0 Å². The van der Waals surface area contributed by atoms with Crippen molar-refractivity contribution >= 4 is 22.7 Å². The standard InChI is InChI=1S/C27H26FN7/c1-15-8-20-21(13-32-25(20)31-11-15)24-23(29-3)14-33-26(35-24)34-16(2)17-4-7-22(30-12-17)18-9-27(28,10-18)19-5-6-19/h4,7-8,11-14,16,18-19H,5-6,9-10H2,1-2H3,(H,31,32)(H,33,34,35). The lowest BCUT2D eigenvalue weighted by molar-refractivity contribution is 0.0168. The number of fused-ring (bicyclic) bond motifs is 1. The van der Waals surface area contributed by atoms with Crippen LogP contribution in [-0.4, -0.2) is 30.6 Å². The van der Waals surface area contributed by atoms with Gasteiger partial charge in [-0.1, -0.05) is 6.07 Å². The van der Waals surface area contributed by atoms with E-state index in [9.17, 15) is 4.39 Å². The predicted octanol–water partition coefficient (Wildman–Crippen LogP) is 6.44. The van der Waals surface area contributed by atoms with Gasteiger partial charge in [-0.05, 0) is 68.7 Å². The molecule has 0 bridgehead atoms. The SMILES string of the molecule is [C-]#[N+]c1cnc(NC(C)c2ccc(C3CC(F)(C4CC4)C3)nc2)nc1-c1c[nH]c2ncc(C)cc12. The minimum absolute atomic E-state index is 0.0943. The quantitative estimate of drug-likeness (QED) is 0.319. The Morgan fingerprint density at radius 3 is 2.71 bits per heavy atom. The summed E-state index contributed by atoms with van der Waals surface area (Å²) in [5.74, 6) is 0.940. The van der Waals surface area contributed by atoms with Gasteiger partial charge in [0.1, 0.15) is 11.3 Å². The van der Waals surface area contributed by atoms with Gasteiger partial charge in [0.15, 0.2) is 0 Å². The number of nitrogens with zero attached hydrogens (tertiary/aromatic N) is 5. The molecule has 35 heavy (non-hydrogen) atoms. The first-order valence-electron chi connectivity index (χ1n) is 12.0. The highest BCUT2D eigenvalue weighted by Crippen LogP contribution is 2.58. The lowest BCUT2D eigenvalue weighted by Crippen LogP contribution is -2.40. The van der Waals surface area contributed by atoms with Crippen LogP contribution in [0.15, 0.2) is 43.0 Å². The molecular weight excluding hydrogens is 441 g/mol. The third-order valence-corrected chi connectivity index (χ3v) is 7.37. The first kappa shape index (κ1) is 21.7. The first-order valence-corrected chi connectivity index (χ1v) is 12.0. The second kappa shape index (κ2) is 8.12. The Morgan fingerprint density at radius 2 is 2.00 bits per heavy atom. The highest BCUT2D eigenvalue weighted by molar-refractivity contribution is 5.96. The first-order chi connectivity index (χ1) is 16.9. The van der Waals surface area contributed by atoms with Crippen LogP contribution >= 0.6 is 0 Å². The Kier molecular flexibility index (Phi) is 5.03. The molecule has 4 aromatic rings. The number of aromatic amines is 1. The molecule has 2 aliphatic carbocycles. The summed E-state index contributed by atoms with van der Waals surface area (Å²) in [4.78, 5) is 24.9. The predicted molar refractivity (Wildman–Crippen MR) is 133 cm³/mol. The zero-order valence-electron chi connectivity index (χ0n) is 19.7. The van der Waals surface area contributed by atoms with Crippen molar-refractivity contribution < 1.29 is 4.39 Å². The summed E-state index contributed by atoms with van der Waals surface area (Å²) in [6, 6.07) is 5.99. The number of rotatable bonds is 6. The third-order valence-electron chi connectivity index (χ3n) is 7.37. The topological polar surface area (TPSA) is 83.7 Å². The van der Waals surface area contributed by atoms with Crippen LogP contribution in [0.5, 0.6) is 0 Å². The van der Waals surface area contributed by atoms with Crippen LogP contribution in [0.2, 0.25) is 0 Å². The molecule has 8 heteroatoms. The molecule has 0 radical (unpaired) electrons. The van der Waals surface area contributed by atoms with Gasteiger partial charge in [0.05, 0.1) is 18.3 Å². The van der Waals surface area contributed by atoms with E-state index in [2.05, 4.69) is 30.1 Å². The number of H-pyrrole nitrogens is 1. The van der Waals surface area contributed by atoms with Crippen LogP contribution < -0.4 is 5.32 Å². The molecule has 1 atom stereocenters. The number of hydrogen-bond acceptors (Lipinski definition) is 5. The second-order valence-electron chi connectivity index (χ2n) is 9.95. The minimum atomic E-state index is -0.952. The van der Waals surface area contributed by atoms with Crippen molar-refractivity contribution in [2.24, 2.45) is 5.92 Å². The molecule has 0 amide bonds. The van der Waals surface area contributed by atoms with E-state index in [1.54, 1.807) is 12.4 Å². The Morgan fingerprint density at radius 1 is 1.17 bits per heavy atom. The molecular formula is C27H26FN7. The fourth-order valence-electron chi connectivity index (χ4n) is 5.12. The summed E-state index contributed by atoms with van der Waals surface area (Å²) in [5, 5.41) is 4.25. The highest BCUT2D eigenvalue weighted by Gasteiger charge is 2.55. The Balaban J connectivity index is 1.21. The van der Waals surface area contributed by atoms with Gasteiger partial charge in [-0.3, -0.25) is 4.98 Å². The second-order valence-corrected chi connectivity index (χ2v) is 9.95. The van der Waals surface area contributed by atoms with Gasteiger partial charge in [-0.15, -0.1) is 0 Å². The average molecular weight is 468 g/mol. The van der Waals surface area contributed by atoms with Gasteiger partial charge >= 0.3 is 0 Å². The number of anilines is 1. The number of nitrogens with one attached hydrogen (secondary N) is 2. The number of halogens is 1. The molecule has 4 heterocycles. The van der Waals surface area contributed by atoms with Gasteiger partial charge in [0.2, 0.25) is 11.6 Å². The van der Waals surface area contributed by atoms with E-state index in [1.807, 2.05) is 44.4 Å². The minimum Gasteiger partial charge on any atom is -0.348 e. The van der Waals surface area contributed by atoms with E-state index in [-0.39, 0.29) is 17.9 Å². The van der Waals surface area contributed by atoms with E-state index >= 15 is 0 Å². The zero-order valence-corrected chi connectivity index (χ0v) is 19.7. The van der Waals surface area contributed by atoms with Gasteiger partial charge in [-0.2, -0.15) is 0 Å². The smallest absolute Gasteiger partial charge is 0.231 e. The van der Waals surface area contributed by atoms with Gasteiger partial charge in [0, 0.05) is 47.3 Å². The van der Waals surface area contributed by atoms with Crippen molar-refractivity contribution in [3.05, 3.63) is 71.2 Å². The van der Waals surface area contributed by atoms with E-state index in [4.69, 9.17) is 11.6 Å². The lowest BCUT2D eigenvalue weighted by Gasteiger charge is -2.41. The molecule has 2 fully saturated rings. The van der Waals surface area contributed by atoms with E-state index in [0.29, 0.717) is 30.2 Å². The Bertz CT molecular complexity index is 1440. The molecule has 2 aliphatic rings. The van der Waals surface area contributed by atoms with Crippen molar-refractivity contribution in [1.82, 2.24) is 24.9 Å². The fourth-order valence-corrected chi connectivity index (χ4v) is 5.12. The Labute approximate surface area is 203 Å². The van der Waals surface area contributed by atoms with Crippen molar-refractivity contribution in [3.63, 3.8) is 0 Å². The molecule has 7 nitrogen and oxygen atoms in total. The van der Waals surface area contributed by atoms with Gasteiger partial charge < -0.3 is 10.3 Å². The van der Waals surface area contributed by atoms with Gasteiger partial charge in [0.25, 0.3) is 0 Å². The molecule has 0 aliphatic heterocycles. The van der Waals surface area contributed by atoms with E-state index in [0.717, 1.165) is 46.3 Å². The fraction of sp³-hybridized carbons (Fsp3) is 0.370. The van der Waals surface area contributed by atoms with Crippen molar-refractivity contribution in [3.8, 4) is 11.3 Å². The van der Waals surface area contributed by atoms with Crippen LogP contribution in [0.4, 0.5) is 16.0 Å². The molecule has 6 rings (SSSR count).